The Balaban J connectivity index is 1.94. The van der Waals surface area contributed by atoms with E-state index in [1.54, 1.807) is 7.11 Å². The van der Waals surface area contributed by atoms with Crippen molar-refractivity contribution in [1.29, 1.82) is 0 Å². The summed E-state index contributed by atoms with van der Waals surface area (Å²) in [6, 6.07) is 9.10. The van der Waals surface area contributed by atoms with Crippen molar-refractivity contribution in [3.05, 3.63) is 29.8 Å². The Kier molecular flexibility index (Phi) is 4.48. The molecule has 1 aliphatic carbocycles. The Bertz CT molecular complexity index is 400. The molecule has 1 atom stereocenters. The summed E-state index contributed by atoms with van der Waals surface area (Å²) in [7, 11) is 3.92. The van der Waals surface area contributed by atoms with Gasteiger partial charge >= 0.3 is 0 Å². The van der Waals surface area contributed by atoms with Crippen LogP contribution >= 0.6 is 0 Å². The maximum absolute atomic E-state index is 6.02. The SMILES string of the molecule is COc1ccc(CCC(C)(CN)N(C)C2CC2)cc1. The van der Waals surface area contributed by atoms with Crippen molar-refractivity contribution in [2.24, 2.45) is 5.73 Å². The van der Waals surface area contributed by atoms with Crippen LogP contribution in [0, 0.1) is 0 Å². The van der Waals surface area contributed by atoms with Crippen molar-refractivity contribution in [2.75, 3.05) is 20.7 Å². The standard InChI is InChI=1S/C16H26N2O/c1-16(12-17,18(2)14-6-7-14)11-10-13-4-8-15(19-3)9-5-13/h4-5,8-9,14H,6-7,10-12,17H2,1-3H3. The fourth-order valence-corrected chi connectivity index (χ4v) is 2.53. The second-order valence-corrected chi connectivity index (χ2v) is 5.89. The highest BCUT2D eigenvalue weighted by molar-refractivity contribution is 5.27. The molecule has 106 valence electrons. The van der Waals surface area contributed by atoms with Crippen molar-refractivity contribution in [2.45, 2.75) is 44.2 Å². The normalized spacial score (nSPS) is 18.4. The summed E-state index contributed by atoms with van der Waals surface area (Å²) >= 11 is 0. The van der Waals surface area contributed by atoms with Gasteiger partial charge in [-0.15, -0.1) is 0 Å². The molecule has 1 saturated carbocycles. The zero-order valence-electron chi connectivity index (χ0n) is 12.4. The van der Waals surface area contributed by atoms with E-state index in [1.807, 2.05) is 12.1 Å². The van der Waals surface area contributed by atoms with Gasteiger partial charge in [-0.05, 0) is 57.4 Å². The van der Waals surface area contributed by atoms with Crippen LogP contribution in [0.25, 0.3) is 0 Å². The fraction of sp³-hybridized carbons (Fsp3) is 0.625. The summed E-state index contributed by atoms with van der Waals surface area (Å²) in [4.78, 5) is 2.48. The molecule has 2 N–H and O–H groups in total. The molecule has 0 aromatic heterocycles. The average molecular weight is 262 g/mol. The molecule has 0 bridgehead atoms. The van der Waals surface area contributed by atoms with E-state index in [9.17, 15) is 0 Å². The van der Waals surface area contributed by atoms with Gasteiger partial charge in [0.15, 0.2) is 0 Å². The Hall–Kier alpha value is -1.06. The first-order valence-electron chi connectivity index (χ1n) is 7.15. The molecular weight excluding hydrogens is 236 g/mol. The summed E-state index contributed by atoms with van der Waals surface area (Å²) in [6.45, 7) is 3.00. The van der Waals surface area contributed by atoms with E-state index in [0.29, 0.717) is 0 Å². The number of nitrogens with two attached hydrogens (primary N) is 1. The van der Waals surface area contributed by atoms with Crippen LogP contribution in [0.3, 0.4) is 0 Å². The van der Waals surface area contributed by atoms with Crippen LogP contribution in [0.1, 0.15) is 31.7 Å². The van der Waals surface area contributed by atoms with E-state index in [4.69, 9.17) is 10.5 Å². The molecule has 1 fully saturated rings. The molecule has 1 unspecified atom stereocenters. The summed E-state index contributed by atoms with van der Waals surface area (Å²) in [5.74, 6) is 0.917. The minimum atomic E-state index is 0.112. The van der Waals surface area contributed by atoms with Crippen LogP contribution < -0.4 is 10.5 Å². The highest BCUT2D eigenvalue weighted by Gasteiger charge is 2.37. The highest BCUT2D eigenvalue weighted by Crippen LogP contribution is 2.33. The Morgan fingerprint density at radius 3 is 2.42 bits per heavy atom. The number of likely N-dealkylation sites (N-methyl/N-ethyl adjacent to an activating group) is 1. The predicted octanol–water partition coefficient (Wildman–Crippen LogP) is 2.44. The molecule has 2 rings (SSSR count). The Morgan fingerprint density at radius 1 is 1.32 bits per heavy atom. The molecule has 0 heterocycles. The smallest absolute Gasteiger partial charge is 0.118 e. The van der Waals surface area contributed by atoms with Crippen LogP contribution in [-0.4, -0.2) is 37.2 Å². The van der Waals surface area contributed by atoms with Gasteiger partial charge in [0.25, 0.3) is 0 Å². The van der Waals surface area contributed by atoms with Gasteiger partial charge in [0, 0.05) is 18.1 Å². The molecule has 1 aromatic carbocycles. The van der Waals surface area contributed by atoms with E-state index in [1.165, 1.54) is 18.4 Å². The Labute approximate surface area is 116 Å². The second-order valence-electron chi connectivity index (χ2n) is 5.89. The molecule has 19 heavy (non-hydrogen) atoms. The Morgan fingerprint density at radius 2 is 1.95 bits per heavy atom. The average Bonchev–Trinajstić information content (AvgIpc) is 3.29. The highest BCUT2D eigenvalue weighted by atomic mass is 16.5. The number of methoxy groups -OCH3 is 1. The second kappa shape index (κ2) is 5.93. The van der Waals surface area contributed by atoms with Crippen LogP contribution in [0.5, 0.6) is 5.75 Å². The van der Waals surface area contributed by atoms with Gasteiger partial charge in [0.1, 0.15) is 5.75 Å². The third kappa shape index (κ3) is 3.48. The quantitative estimate of drug-likeness (QED) is 0.820. The van der Waals surface area contributed by atoms with Gasteiger partial charge in [-0.3, -0.25) is 4.90 Å². The van der Waals surface area contributed by atoms with E-state index in [0.717, 1.165) is 31.2 Å². The van der Waals surface area contributed by atoms with Crippen LogP contribution in [0.2, 0.25) is 0 Å². The maximum atomic E-state index is 6.02. The zero-order chi connectivity index (χ0) is 13.9. The molecule has 0 radical (unpaired) electrons. The van der Waals surface area contributed by atoms with Crippen LogP contribution in [0.15, 0.2) is 24.3 Å². The molecule has 0 amide bonds. The lowest BCUT2D eigenvalue weighted by Gasteiger charge is -2.38. The van der Waals surface area contributed by atoms with Gasteiger partial charge in [0.2, 0.25) is 0 Å². The first-order valence-corrected chi connectivity index (χ1v) is 7.15. The van der Waals surface area contributed by atoms with E-state index in [-0.39, 0.29) is 5.54 Å². The van der Waals surface area contributed by atoms with Crippen molar-refractivity contribution < 1.29 is 4.74 Å². The molecule has 0 spiro atoms. The van der Waals surface area contributed by atoms with Crippen molar-refractivity contribution in [3.63, 3.8) is 0 Å². The number of hydrogen-bond acceptors (Lipinski definition) is 3. The first-order chi connectivity index (χ1) is 9.09. The largest absolute Gasteiger partial charge is 0.497 e. The van der Waals surface area contributed by atoms with Crippen molar-refractivity contribution >= 4 is 0 Å². The lowest BCUT2D eigenvalue weighted by Crippen LogP contribution is -2.51. The number of aryl methyl sites for hydroxylation is 1. The first kappa shape index (κ1) is 14.4. The van der Waals surface area contributed by atoms with E-state index < -0.39 is 0 Å². The number of rotatable bonds is 7. The molecule has 1 aromatic rings. The molecule has 0 aliphatic heterocycles. The zero-order valence-corrected chi connectivity index (χ0v) is 12.4. The lowest BCUT2D eigenvalue weighted by atomic mass is 9.91. The van der Waals surface area contributed by atoms with Crippen molar-refractivity contribution in [1.82, 2.24) is 4.90 Å². The van der Waals surface area contributed by atoms with Gasteiger partial charge in [-0.1, -0.05) is 12.1 Å². The van der Waals surface area contributed by atoms with E-state index >= 15 is 0 Å². The van der Waals surface area contributed by atoms with Gasteiger partial charge < -0.3 is 10.5 Å². The van der Waals surface area contributed by atoms with Crippen molar-refractivity contribution in [3.8, 4) is 5.75 Å². The summed E-state index contributed by atoms with van der Waals surface area (Å²) in [5.41, 5.74) is 7.49. The lowest BCUT2D eigenvalue weighted by molar-refractivity contribution is 0.125. The minimum absolute atomic E-state index is 0.112. The third-order valence-corrected chi connectivity index (χ3v) is 4.50. The molecule has 3 heteroatoms. The minimum Gasteiger partial charge on any atom is -0.497 e. The van der Waals surface area contributed by atoms with Gasteiger partial charge in [-0.25, -0.2) is 0 Å². The van der Waals surface area contributed by atoms with E-state index in [2.05, 4.69) is 31.0 Å². The molecule has 0 saturated heterocycles. The van der Waals surface area contributed by atoms with Gasteiger partial charge in [-0.2, -0.15) is 0 Å². The van der Waals surface area contributed by atoms with Crippen LogP contribution in [0.4, 0.5) is 0 Å². The molecular formula is C16H26N2O. The molecule has 3 nitrogen and oxygen atoms in total. The summed E-state index contributed by atoms with van der Waals surface area (Å²) in [6.07, 6.45) is 4.82. The van der Waals surface area contributed by atoms with Gasteiger partial charge in [0.05, 0.1) is 7.11 Å². The summed E-state index contributed by atoms with van der Waals surface area (Å²) in [5, 5.41) is 0. The predicted molar refractivity (Wildman–Crippen MR) is 79.6 cm³/mol. The number of hydrogen-bond donors (Lipinski definition) is 1. The number of nitrogens with zero attached hydrogens (tertiary/aromatic N) is 1. The monoisotopic (exact) mass is 262 g/mol. The molecule has 1 aliphatic rings. The fourth-order valence-electron chi connectivity index (χ4n) is 2.53. The summed E-state index contributed by atoms with van der Waals surface area (Å²) < 4.78 is 5.19. The number of benzene rings is 1. The third-order valence-electron chi connectivity index (χ3n) is 4.50. The van der Waals surface area contributed by atoms with Crippen LogP contribution in [-0.2, 0) is 6.42 Å². The number of ether oxygens (including phenoxy) is 1. The topological polar surface area (TPSA) is 38.5 Å². The maximum Gasteiger partial charge on any atom is 0.118 e.